The van der Waals surface area contributed by atoms with E-state index in [4.69, 9.17) is 0 Å². The highest BCUT2D eigenvalue weighted by atomic mass is 31.3. The van der Waals surface area contributed by atoms with Crippen LogP contribution in [0.2, 0.25) is 0 Å². The van der Waals surface area contributed by atoms with Gasteiger partial charge < -0.3 is 42.2 Å². The summed E-state index contributed by atoms with van der Waals surface area (Å²) in [6.45, 7) is 7.84. The fourth-order valence-electron chi connectivity index (χ4n) is 2.25. The second kappa shape index (κ2) is 18.2. The molecule has 29 heavy (non-hydrogen) atoms. The van der Waals surface area contributed by atoms with Gasteiger partial charge in [0.15, 0.2) is 0 Å². The van der Waals surface area contributed by atoms with E-state index in [1.165, 1.54) is 11.1 Å². The molecular formula is C17H41N3O7P2. The lowest BCUT2D eigenvalue weighted by Crippen LogP contribution is -2.19. The molecule has 0 bridgehead atoms. The summed E-state index contributed by atoms with van der Waals surface area (Å²) in [4.78, 5) is 31.8. The molecule has 176 valence electrons. The Morgan fingerprint density at radius 3 is 1.69 bits per heavy atom. The summed E-state index contributed by atoms with van der Waals surface area (Å²) in [5, 5.41) is 0. The molecule has 0 fully saturated rings. The summed E-state index contributed by atoms with van der Waals surface area (Å²) in [7, 11) is -10.8. The number of allylic oxidation sites excluding steroid dienone is 5. The molecule has 12 heteroatoms. The first kappa shape index (κ1) is 35.8. The van der Waals surface area contributed by atoms with Gasteiger partial charge in [-0.15, -0.1) is 0 Å². The van der Waals surface area contributed by atoms with Crippen LogP contribution in [-0.4, -0.2) is 6.61 Å². The first-order valence-corrected chi connectivity index (χ1v) is 11.6. The van der Waals surface area contributed by atoms with Gasteiger partial charge in [-0.25, -0.2) is 0 Å². The predicted octanol–water partition coefficient (Wildman–Crippen LogP) is 4.64. The van der Waals surface area contributed by atoms with E-state index in [0.29, 0.717) is 6.42 Å². The summed E-state index contributed by atoms with van der Waals surface area (Å²) in [6, 6.07) is 0. The van der Waals surface area contributed by atoms with Crippen molar-refractivity contribution in [1.82, 2.24) is 18.5 Å². The Bertz CT molecular complexity index is 612. The second-order valence-corrected chi connectivity index (χ2v) is 8.76. The van der Waals surface area contributed by atoms with E-state index in [1.54, 1.807) is 6.08 Å². The zero-order valence-electron chi connectivity index (χ0n) is 18.9. The van der Waals surface area contributed by atoms with Crippen LogP contribution in [0.15, 0.2) is 34.9 Å². The Kier molecular flexibility index (Phi) is 22.4. The van der Waals surface area contributed by atoms with Crippen LogP contribution in [0.4, 0.5) is 0 Å². The van der Waals surface area contributed by atoms with Gasteiger partial charge in [0, 0.05) is 0 Å². The third-order valence-electron chi connectivity index (χ3n) is 3.63. The maximum Gasteiger partial charge on any atom is 0.272 e. The average molecular weight is 461 g/mol. The van der Waals surface area contributed by atoms with Gasteiger partial charge >= 0.3 is 0 Å². The summed E-state index contributed by atoms with van der Waals surface area (Å²) in [5.41, 5.74) is 3.67. The summed E-state index contributed by atoms with van der Waals surface area (Å²) in [5.74, 6) is 0. The molecule has 0 spiro atoms. The van der Waals surface area contributed by atoms with Crippen LogP contribution in [0.5, 0.6) is 0 Å². The quantitative estimate of drug-likeness (QED) is 0.259. The lowest BCUT2D eigenvalue weighted by molar-refractivity contribution is -0.339. The molecule has 0 heterocycles. The van der Waals surface area contributed by atoms with Crippen LogP contribution in [-0.2, 0) is 18.0 Å². The molecule has 0 saturated carbocycles. The molecule has 1 unspecified atom stereocenters. The Labute approximate surface area is 175 Å². The number of rotatable bonds is 13. The maximum absolute atomic E-state index is 11.2. The number of hydrogen-bond acceptors (Lipinski definition) is 7. The molecule has 0 rings (SSSR count). The highest BCUT2D eigenvalue weighted by molar-refractivity contribution is 7.58. The first-order chi connectivity index (χ1) is 12.0. The molecule has 0 aromatic rings. The van der Waals surface area contributed by atoms with Crippen LogP contribution in [0, 0.1) is 0 Å². The van der Waals surface area contributed by atoms with Crippen molar-refractivity contribution >= 4 is 15.6 Å². The summed E-state index contributed by atoms with van der Waals surface area (Å²) < 4.78 is 29.3. The molecular weight excluding hydrogens is 420 g/mol. The molecule has 0 saturated heterocycles. The molecule has 1 atom stereocenters. The summed E-state index contributed by atoms with van der Waals surface area (Å²) in [6.07, 6.45) is 11.3. The van der Waals surface area contributed by atoms with E-state index in [9.17, 15) is 23.8 Å². The minimum Gasteiger partial charge on any atom is -0.790 e. The monoisotopic (exact) mass is 461 g/mol. The average Bonchev–Trinajstić information content (AvgIpc) is 2.48. The normalized spacial score (nSPS) is 14.0. The topological polar surface area (TPSA) is 231 Å². The van der Waals surface area contributed by atoms with Gasteiger partial charge in [-0.2, -0.15) is 0 Å². The van der Waals surface area contributed by atoms with E-state index in [1.807, 2.05) is 6.92 Å². The molecule has 0 aliphatic carbocycles. The molecule has 10 nitrogen and oxygen atoms in total. The van der Waals surface area contributed by atoms with Gasteiger partial charge in [-0.05, 0) is 52.4 Å². The molecule has 0 aromatic carbocycles. The minimum atomic E-state index is -5.64. The minimum absolute atomic E-state index is 0. The Morgan fingerprint density at radius 2 is 1.28 bits per heavy atom. The largest absolute Gasteiger partial charge is 0.790 e. The fraction of sp³-hybridized carbons (Fsp3) is 0.647. The standard InChI is InChI=1S/C17H32O7P2.3H3N/c1-5-16(10-7-9-15(3)4)11-8-12-17(6-2)13-14-23-26(21,22)24-25(18,19)20;;;/h9,11,13H,5-8,10,12,14H2,1-4H3,(H,21,22)(H2,18,19,20);3*1H3/b16-11+,17-13+;;;. The first-order valence-electron chi connectivity index (χ1n) is 8.67. The molecule has 0 aliphatic heterocycles. The van der Waals surface area contributed by atoms with E-state index in [-0.39, 0.29) is 25.1 Å². The maximum atomic E-state index is 11.2. The third kappa shape index (κ3) is 21.9. The smallest absolute Gasteiger partial charge is 0.272 e. The van der Waals surface area contributed by atoms with Crippen molar-refractivity contribution in [3.05, 3.63) is 34.9 Å². The van der Waals surface area contributed by atoms with Crippen LogP contribution < -0.4 is 33.1 Å². The second-order valence-electron chi connectivity index (χ2n) is 6.06. The van der Waals surface area contributed by atoms with Gasteiger partial charge in [0.05, 0.1) is 14.4 Å². The van der Waals surface area contributed by atoms with Crippen molar-refractivity contribution in [2.75, 3.05) is 6.61 Å². The van der Waals surface area contributed by atoms with Crippen LogP contribution in [0.3, 0.4) is 0 Å². The van der Waals surface area contributed by atoms with E-state index < -0.39 is 15.6 Å². The highest BCUT2D eigenvalue weighted by Crippen LogP contribution is 2.50. The van der Waals surface area contributed by atoms with Crippen LogP contribution >= 0.6 is 15.6 Å². The number of quaternary nitrogens is 3. The van der Waals surface area contributed by atoms with E-state index in [0.717, 1.165) is 37.7 Å². The van der Waals surface area contributed by atoms with Crippen molar-refractivity contribution in [1.29, 1.82) is 0 Å². The van der Waals surface area contributed by atoms with Gasteiger partial charge in [0.2, 0.25) is 0 Å². The Balaban J connectivity index is -0.00000104. The van der Waals surface area contributed by atoms with Crippen molar-refractivity contribution in [3.8, 4) is 0 Å². The molecule has 0 amide bonds. The predicted molar refractivity (Wildman–Crippen MR) is 115 cm³/mol. The van der Waals surface area contributed by atoms with Crippen LogP contribution in [0.1, 0.15) is 66.2 Å². The van der Waals surface area contributed by atoms with Gasteiger partial charge in [0.25, 0.3) is 7.82 Å². The molecule has 0 radical (unpaired) electrons. The van der Waals surface area contributed by atoms with E-state index in [2.05, 4.69) is 41.8 Å². The van der Waals surface area contributed by atoms with Gasteiger partial charge in [0.1, 0.15) is 0 Å². The number of hydrogen-bond donors (Lipinski definition) is 3. The lowest BCUT2D eigenvalue weighted by atomic mass is 10.0. The lowest BCUT2D eigenvalue weighted by Gasteiger charge is -2.34. The molecule has 0 aliphatic rings. The fourth-order valence-corrected chi connectivity index (χ4v) is 3.67. The highest BCUT2D eigenvalue weighted by Gasteiger charge is 2.10. The third-order valence-corrected chi connectivity index (χ3v) is 5.69. The van der Waals surface area contributed by atoms with Crippen molar-refractivity contribution in [2.45, 2.75) is 66.2 Å². The van der Waals surface area contributed by atoms with Crippen LogP contribution in [0.25, 0.3) is 0 Å². The zero-order valence-corrected chi connectivity index (χ0v) is 20.7. The number of phosphoric acid groups is 2. The summed E-state index contributed by atoms with van der Waals surface area (Å²) >= 11 is 0. The Morgan fingerprint density at radius 1 is 0.828 bits per heavy atom. The van der Waals surface area contributed by atoms with Crippen molar-refractivity contribution < 1.29 is 32.6 Å². The van der Waals surface area contributed by atoms with E-state index >= 15 is 0 Å². The SMILES string of the molecule is CC/C(=C\CC/C(=C/COP(=O)([O-])OP(=O)([O-])[O-])CC)CCC=C(C)C.[NH4+].[NH4+].[NH4+]. The van der Waals surface area contributed by atoms with Crippen molar-refractivity contribution in [3.63, 3.8) is 0 Å². The zero-order chi connectivity index (χ0) is 20.2. The molecule has 0 aromatic heterocycles. The molecule has 12 N–H and O–H groups in total. The van der Waals surface area contributed by atoms with Crippen molar-refractivity contribution in [2.24, 2.45) is 0 Å². The Hall–Kier alpha value is -0.640. The number of phosphoric ester groups is 1. The van der Waals surface area contributed by atoms with Gasteiger partial charge in [-0.3, -0.25) is 8.88 Å². The van der Waals surface area contributed by atoms with Gasteiger partial charge in [-0.1, -0.05) is 48.8 Å².